The van der Waals surface area contributed by atoms with E-state index in [2.05, 4.69) is 31.2 Å². The van der Waals surface area contributed by atoms with Crippen LogP contribution in [0.3, 0.4) is 0 Å². The molecule has 4 nitrogen and oxygen atoms in total. The maximum Gasteiger partial charge on any atom is 0.232 e. The summed E-state index contributed by atoms with van der Waals surface area (Å²) in [7, 11) is 0. The molecule has 1 aliphatic heterocycles. The summed E-state index contributed by atoms with van der Waals surface area (Å²) in [5.74, 6) is 2.46. The van der Waals surface area contributed by atoms with E-state index in [0.29, 0.717) is 5.92 Å². The first-order valence-corrected chi connectivity index (χ1v) is 7.70. The van der Waals surface area contributed by atoms with E-state index in [4.69, 9.17) is 9.51 Å². The topological polar surface area (TPSA) is 51.0 Å². The summed E-state index contributed by atoms with van der Waals surface area (Å²) in [6, 6.07) is 0. The van der Waals surface area contributed by atoms with Crippen molar-refractivity contribution in [2.45, 2.75) is 64.7 Å². The fourth-order valence-electron chi connectivity index (χ4n) is 2.94. The zero-order valence-electron chi connectivity index (χ0n) is 12.5. The van der Waals surface area contributed by atoms with Crippen molar-refractivity contribution in [3.63, 3.8) is 0 Å². The minimum absolute atomic E-state index is 0.128. The van der Waals surface area contributed by atoms with Gasteiger partial charge in [-0.2, -0.15) is 4.98 Å². The average molecular weight is 265 g/mol. The summed E-state index contributed by atoms with van der Waals surface area (Å²) in [6.45, 7) is 8.81. The third kappa shape index (κ3) is 3.56. The van der Waals surface area contributed by atoms with Gasteiger partial charge in [0.2, 0.25) is 5.89 Å². The second-order valence-corrected chi connectivity index (χ2v) is 6.23. The summed E-state index contributed by atoms with van der Waals surface area (Å²) >= 11 is 0. The monoisotopic (exact) mass is 265 g/mol. The Labute approximate surface area is 116 Å². The molecule has 0 spiro atoms. The molecule has 0 saturated carbocycles. The van der Waals surface area contributed by atoms with Crippen LogP contribution in [-0.4, -0.2) is 23.2 Å². The maximum atomic E-state index is 5.60. The van der Waals surface area contributed by atoms with Crippen LogP contribution in [0.2, 0.25) is 0 Å². The van der Waals surface area contributed by atoms with Crippen LogP contribution < -0.4 is 5.32 Å². The van der Waals surface area contributed by atoms with Gasteiger partial charge in [0.25, 0.3) is 0 Å². The van der Waals surface area contributed by atoms with Crippen molar-refractivity contribution < 1.29 is 4.52 Å². The van der Waals surface area contributed by atoms with Gasteiger partial charge < -0.3 is 9.84 Å². The highest BCUT2D eigenvalue weighted by Crippen LogP contribution is 2.36. The Morgan fingerprint density at radius 1 is 1.32 bits per heavy atom. The smallest absolute Gasteiger partial charge is 0.232 e. The Morgan fingerprint density at radius 3 is 2.68 bits per heavy atom. The van der Waals surface area contributed by atoms with E-state index < -0.39 is 0 Å². The minimum atomic E-state index is 0.128. The predicted octanol–water partition coefficient (Wildman–Crippen LogP) is 3.08. The summed E-state index contributed by atoms with van der Waals surface area (Å²) in [6.07, 6.45) is 6.62. The summed E-state index contributed by atoms with van der Waals surface area (Å²) in [5.41, 5.74) is 0.128. The molecule has 1 saturated heterocycles. The second-order valence-electron chi connectivity index (χ2n) is 6.23. The molecule has 0 atom stereocenters. The first-order valence-electron chi connectivity index (χ1n) is 7.70. The Balaban J connectivity index is 2.09. The molecule has 0 bridgehead atoms. The molecular weight excluding hydrogens is 238 g/mol. The van der Waals surface area contributed by atoms with Crippen LogP contribution in [0.4, 0.5) is 0 Å². The van der Waals surface area contributed by atoms with E-state index in [0.717, 1.165) is 56.9 Å². The molecule has 19 heavy (non-hydrogen) atoms. The molecule has 1 aliphatic rings. The third-order valence-electron chi connectivity index (χ3n) is 4.16. The Kier molecular flexibility index (Phi) is 4.97. The Hall–Kier alpha value is -0.900. The van der Waals surface area contributed by atoms with E-state index in [9.17, 15) is 0 Å². The molecule has 0 unspecified atom stereocenters. The van der Waals surface area contributed by atoms with Crippen molar-refractivity contribution in [1.29, 1.82) is 0 Å². The van der Waals surface area contributed by atoms with E-state index >= 15 is 0 Å². The molecule has 0 aromatic carbocycles. The van der Waals surface area contributed by atoms with Gasteiger partial charge in [-0.05, 0) is 44.7 Å². The highest BCUT2D eigenvalue weighted by molar-refractivity contribution is 5.07. The van der Waals surface area contributed by atoms with Crippen LogP contribution in [0.25, 0.3) is 0 Å². The number of rotatable bonds is 6. The van der Waals surface area contributed by atoms with E-state index in [1.54, 1.807) is 0 Å². The second kappa shape index (κ2) is 6.51. The number of nitrogens with one attached hydrogen (secondary N) is 1. The minimum Gasteiger partial charge on any atom is -0.339 e. The predicted molar refractivity (Wildman–Crippen MR) is 76.1 cm³/mol. The van der Waals surface area contributed by atoms with Gasteiger partial charge in [0, 0.05) is 6.42 Å². The van der Waals surface area contributed by atoms with Crippen molar-refractivity contribution in [3.05, 3.63) is 11.7 Å². The van der Waals surface area contributed by atoms with Gasteiger partial charge >= 0.3 is 0 Å². The molecule has 4 heteroatoms. The zero-order chi connectivity index (χ0) is 13.7. The van der Waals surface area contributed by atoms with Gasteiger partial charge in [0.1, 0.15) is 0 Å². The Bertz CT molecular complexity index is 375. The molecule has 1 aromatic rings. The average Bonchev–Trinajstić information content (AvgIpc) is 2.87. The number of hydrogen-bond donors (Lipinski definition) is 1. The molecule has 2 heterocycles. The van der Waals surface area contributed by atoms with Gasteiger partial charge in [-0.25, -0.2) is 0 Å². The van der Waals surface area contributed by atoms with Gasteiger partial charge in [0.05, 0.1) is 5.41 Å². The van der Waals surface area contributed by atoms with Crippen LogP contribution in [0, 0.1) is 5.92 Å². The lowest BCUT2D eigenvalue weighted by Gasteiger charge is -2.34. The first-order chi connectivity index (χ1) is 9.16. The fourth-order valence-corrected chi connectivity index (χ4v) is 2.94. The molecule has 0 aliphatic carbocycles. The van der Waals surface area contributed by atoms with Crippen molar-refractivity contribution in [1.82, 2.24) is 15.5 Å². The molecule has 1 fully saturated rings. The van der Waals surface area contributed by atoms with Crippen molar-refractivity contribution in [3.8, 4) is 0 Å². The van der Waals surface area contributed by atoms with Crippen LogP contribution in [0.5, 0.6) is 0 Å². The van der Waals surface area contributed by atoms with Crippen LogP contribution >= 0.6 is 0 Å². The summed E-state index contributed by atoms with van der Waals surface area (Å²) in [4.78, 5) is 4.69. The summed E-state index contributed by atoms with van der Waals surface area (Å²) < 4.78 is 5.60. The van der Waals surface area contributed by atoms with Crippen LogP contribution in [0.15, 0.2) is 4.52 Å². The lowest BCUT2D eigenvalue weighted by atomic mass is 9.75. The van der Waals surface area contributed by atoms with Gasteiger partial charge in [0.15, 0.2) is 5.82 Å². The SMILES string of the molecule is CCCC1(c2nc(CCC(C)C)no2)CCNCC1. The van der Waals surface area contributed by atoms with Crippen LogP contribution in [0.1, 0.15) is 64.6 Å². The maximum absolute atomic E-state index is 5.60. The largest absolute Gasteiger partial charge is 0.339 e. The highest BCUT2D eigenvalue weighted by atomic mass is 16.5. The van der Waals surface area contributed by atoms with E-state index in [1.807, 2.05) is 0 Å². The van der Waals surface area contributed by atoms with E-state index in [1.165, 1.54) is 6.42 Å². The zero-order valence-corrected chi connectivity index (χ0v) is 12.5. The first kappa shape index (κ1) is 14.5. The van der Waals surface area contributed by atoms with Gasteiger partial charge in [-0.3, -0.25) is 0 Å². The third-order valence-corrected chi connectivity index (χ3v) is 4.16. The van der Waals surface area contributed by atoms with Crippen molar-refractivity contribution >= 4 is 0 Å². The standard InChI is InChI=1S/C15H27N3O/c1-4-7-15(8-10-16-11-9-15)14-17-13(18-19-14)6-5-12(2)3/h12,16H,4-11H2,1-3H3. The molecule has 1 aromatic heterocycles. The molecule has 0 amide bonds. The number of nitrogens with zero attached hydrogens (tertiary/aromatic N) is 2. The molecule has 2 rings (SSSR count). The van der Waals surface area contributed by atoms with Crippen molar-refractivity contribution in [2.24, 2.45) is 5.92 Å². The molecule has 108 valence electrons. The Morgan fingerprint density at radius 2 is 2.05 bits per heavy atom. The lowest BCUT2D eigenvalue weighted by molar-refractivity contribution is 0.208. The number of hydrogen-bond acceptors (Lipinski definition) is 4. The molecule has 0 radical (unpaired) electrons. The van der Waals surface area contributed by atoms with Crippen molar-refractivity contribution in [2.75, 3.05) is 13.1 Å². The molecule has 1 N–H and O–H groups in total. The fraction of sp³-hybridized carbons (Fsp3) is 0.867. The highest BCUT2D eigenvalue weighted by Gasteiger charge is 2.38. The lowest BCUT2D eigenvalue weighted by Crippen LogP contribution is -2.40. The normalized spacial score (nSPS) is 18.9. The molecular formula is C15H27N3O. The number of aryl methyl sites for hydroxylation is 1. The number of aromatic nitrogens is 2. The quantitative estimate of drug-likeness (QED) is 0.858. The van der Waals surface area contributed by atoms with Crippen LogP contribution in [-0.2, 0) is 11.8 Å². The summed E-state index contributed by atoms with van der Waals surface area (Å²) in [5, 5.41) is 7.61. The van der Waals surface area contributed by atoms with Gasteiger partial charge in [-0.1, -0.05) is 32.3 Å². The van der Waals surface area contributed by atoms with Gasteiger partial charge in [-0.15, -0.1) is 0 Å². The number of piperidine rings is 1. The van der Waals surface area contributed by atoms with E-state index in [-0.39, 0.29) is 5.41 Å².